The van der Waals surface area contributed by atoms with Crippen LogP contribution in [0.1, 0.15) is 99.5 Å². The highest BCUT2D eigenvalue weighted by Crippen LogP contribution is 2.32. The Balaban J connectivity index is 0.951. The second kappa shape index (κ2) is 16.2. The number of H-pyrrole nitrogens is 1. The van der Waals surface area contributed by atoms with Crippen LogP contribution in [-0.4, -0.2) is 91.3 Å². The molecule has 0 aliphatic carbocycles. The van der Waals surface area contributed by atoms with E-state index >= 15 is 4.39 Å². The van der Waals surface area contributed by atoms with E-state index in [0.717, 1.165) is 57.5 Å². The Labute approximate surface area is 344 Å². The highest BCUT2D eigenvalue weighted by atomic mass is 19.1. The van der Waals surface area contributed by atoms with Gasteiger partial charge in [0.15, 0.2) is 0 Å². The molecule has 5 amide bonds. The zero-order valence-electron chi connectivity index (χ0n) is 33.9. The third-order valence-electron chi connectivity index (χ3n) is 11.5. The molecule has 2 aromatic carbocycles. The molecule has 3 aliphatic rings. The van der Waals surface area contributed by atoms with Crippen LogP contribution < -0.4 is 21.1 Å². The van der Waals surface area contributed by atoms with Crippen molar-refractivity contribution in [2.45, 2.75) is 78.6 Å². The van der Waals surface area contributed by atoms with Crippen LogP contribution in [0.5, 0.6) is 0 Å². The number of aryl methyl sites for hydroxylation is 2. The maximum Gasteiger partial charge on any atom is 0.262 e. The molecule has 3 aliphatic heterocycles. The molecule has 2 saturated heterocycles. The number of benzene rings is 2. The van der Waals surface area contributed by atoms with Gasteiger partial charge in [0.2, 0.25) is 11.8 Å². The van der Waals surface area contributed by atoms with Crippen LogP contribution in [0, 0.1) is 12.7 Å². The Bertz CT molecular complexity index is 2630. The molecule has 3 N–H and O–H groups in total. The topological polar surface area (TPSA) is 183 Å². The summed E-state index contributed by atoms with van der Waals surface area (Å²) in [5.74, 6) is -2.77. The van der Waals surface area contributed by atoms with Gasteiger partial charge in [0, 0.05) is 85.7 Å². The predicted molar refractivity (Wildman–Crippen MR) is 221 cm³/mol. The minimum Gasteiger partial charge on any atom is -0.354 e. The van der Waals surface area contributed by atoms with Gasteiger partial charge in [0.05, 0.1) is 28.4 Å². The number of imide groups is 2. The fourth-order valence-corrected chi connectivity index (χ4v) is 8.42. The van der Waals surface area contributed by atoms with E-state index in [0.29, 0.717) is 42.7 Å². The first kappa shape index (κ1) is 40.2. The number of halogens is 1. The van der Waals surface area contributed by atoms with Crippen molar-refractivity contribution in [1.29, 1.82) is 0 Å². The molecule has 0 bridgehead atoms. The fraction of sp³-hybridized carbons (Fsp3) is 0.364. The number of hydrogen-bond donors (Lipinski definition) is 3. The number of aromatic amines is 1. The number of rotatable bonds is 11. The Kier molecular flexibility index (Phi) is 10.9. The van der Waals surface area contributed by atoms with E-state index in [9.17, 15) is 28.8 Å². The first-order valence-corrected chi connectivity index (χ1v) is 20.3. The number of fused-ring (bicyclic) bond motifs is 2. The minimum atomic E-state index is -1.12. The molecule has 1 unspecified atom stereocenters. The van der Waals surface area contributed by atoms with Crippen LogP contribution in [0.3, 0.4) is 0 Å². The summed E-state index contributed by atoms with van der Waals surface area (Å²) in [5.41, 5.74) is 5.10. The Hall–Kier alpha value is -6.55. The summed E-state index contributed by atoms with van der Waals surface area (Å²) in [4.78, 5) is 90.0. The number of carbonyl (C=O) groups is 5. The maximum absolute atomic E-state index is 15.4. The van der Waals surface area contributed by atoms with Crippen molar-refractivity contribution >= 4 is 46.3 Å². The van der Waals surface area contributed by atoms with Crippen molar-refractivity contribution in [2.75, 3.05) is 31.1 Å². The van der Waals surface area contributed by atoms with E-state index in [-0.39, 0.29) is 60.1 Å². The third kappa shape index (κ3) is 7.58. The van der Waals surface area contributed by atoms with Gasteiger partial charge in [-0.3, -0.25) is 48.6 Å². The van der Waals surface area contributed by atoms with Crippen molar-refractivity contribution in [3.05, 3.63) is 110 Å². The summed E-state index contributed by atoms with van der Waals surface area (Å²) >= 11 is 0. The van der Waals surface area contributed by atoms with Crippen LogP contribution in [0.4, 0.5) is 10.2 Å². The first-order valence-electron chi connectivity index (χ1n) is 20.3. The quantitative estimate of drug-likeness (QED) is 0.162. The number of pyridine rings is 2. The van der Waals surface area contributed by atoms with E-state index in [1.807, 2.05) is 55.8 Å². The number of anilines is 1. The smallest absolute Gasteiger partial charge is 0.262 e. The highest BCUT2D eigenvalue weighted by Gasteiger charge is 2.45. The normalized spacial score (nSPS) is 17.2. The second-order valence-electron chi connectivity index (χ2n) is 16.0. The predicted octanol–water partition coefficient (Wildman–Crippen LogP) is 4.42. The zero-order valence-corrected chi connectivity index (χ0v) is 33.9. The number of piperazine rings is 1. The van der Waals surface area contributed by atoms with Gasteiger partial charge in [-0.2, -0.15) is 5.10 Å². The average molecular weight is 816 g/mol. The van der Waals surface area contributed by atoms with Gasteiger partial charge in [-0.15, -0.1) is 0 Å². The SMILES string of the molecule is CCCc1cc(C)[nH]c(=O)c1CNC(=O)c1cc(-c2ccc(N3CCN(Cc4cc5c(cc4F)C(=O)N(C4CCC(=O)NC4=O)C5=O)CC3)nc2)cc2c1cnn2C(C)C. The number of hydrogen-bond acceptors (Lipinski definition) is 10. The minimum absolute atomic E-state index is 0.00103. The molecule has 0 radical (unpaired) electrons. The molecule has 16 heteroatoms. The van der Waals surface area contributed by atoms with E-state index in [1.165, 1.54) is 6.07 Å². The molecular formula is C44H46FN9O6. The van der Waals surface area contributed by atoms with Crippen molar-refractivity contribution in [3.8, 4) is 11.1 Å². The van der Waals surface area contributed by atoms with Gasteiger partial charge in [0.1, 0.15) is 17.7 Å². The van der Waals surface area contributed by atoms with Crippen LogP contribution in [-0.2, 0) is 29.1 Å². The number of nitrogens with zero attached hydrogens (tertiary/aromatic N) is 6. The lowest BCUT2D eigenvalue weighted by molar-refractivity contribution is -0.136. The van der Waals surface area contributed by atoms with Crippen molar-refractivity contribution in [3.63, 3.8) is 0 Å². The largest absolute Gasteiger partial charge is 0.354 e. The summed E-state index contributed by atoms with van der Waals surface area (Å²) in [7, 11) is 0. The van der Waals surface area contributed by atoms with Crippen molar-refractivity contribution in [1.82, 2.24) is 40.2 Å². The number of piperidine rings is 1. The molecule has 310 valence electrons. The second-order valence-corrected chi connectivity index (χ2v) is 16.0. The molecular weight excluding hydrogens is 770 g/mol. The molecule has 15 nitrogen and oxygen atoms in total. The van der Waals surface area contributed by atoms with Crippen LogP contribution in [0.15, 0.2) is 59.7 Å². The summed E-state index contributed by atoms with van der Waals surface area (Å²) < 4.78 is 17.3. The summed E-state index contributed by atoms with van der Waals surface area (Å²) in [6.45, 7) is 10.6. The summed E-state index contributed by atoms with van der Waals surface area (Å²) in [5, 5.41) is 10.5. The standard InChI is InChI=1S/C44H46FN9O6/c1-5-6-26-15-25(4)49-41(57)33(26)21-47-40(56)30-16-28(18-37-34(30)22-48-54(37)24(2)3)27-7-9-38(46-20-27)52-13-11-51(12-14-52)23-29-17-31-32(19-35(29)45)44(60)53(43(31)59)36-8-10-39(55)50-42(36)58/h7,9,15-20,22,24,36H,5-6,8,10-14,21,23H2,1-4H3,(H,47,56)(H,49,57)(H,50,55,58). The van der Waals surface area contributed by atoms with Gasteiger partial charge in [-0.1, -0.05) is 13.3 Å². The lowest BCUT2D eigenvalue weighted by Gasteiger charge is -2.35. The van der Waals surface area contributed by atoms with E-state index < -0.39 is 35.5 Å². The number of amides is 5. The lowest BCUT2D eigenvalue weighted by Crippen LogP contribution is -2.54. The van der Waals surface area contributed by atoms with Gasteiger partial charge >= 0.3 is 0 Å². The van der Waals surface area contributed by atoms with Gasteiger partial charge in [-0.05, 0) is 87.2 Å². The number of carbonyl (C=O) groups excluding carboxylic acids is 5. The van der Waals surface area contributed by atoms with E-state index in [1.54, 1.807) is 12.4 Å². The van der Waals surface area contributed by atoms with Crippen LogP contribution >= 0.6 is 0 Å². The monoisotopic (exact) mass is 815 g/mol. The molecule has 5 aromatic rings. The van der Waals surface area contributed by atoms with Gasteiger partial charge in [0.25, 0.3) is 23.3 Å². The van der Waals surface area contributed by atoms with Crippen LogP contribution in [0.2, 0.25) is 0 Å². The maximum atomic E-state index is 15.4. The van der Waals surface area contributed by atoms with Crippen molar-refractivity contribution in [2.24, 2.45) is 0 Å². The Morgan fingerprint density at radius 1 is 0.933 bits per heavy atom. The molecule has 3 aromatic heterocycles. The van der Waals surface area contributed by atoms with Crippen molar-refractivity contribution < 1.29 is 28.4 Å². The zero-order chi connectivity index (χ0) is 42.4. The fourth-order valence-electron chi connectivity index (χ4n) is 8.42. The molecule has 8 rings (SSSR count). The molecule has 60 heavy (non-hydrogen) atoms. The van der Waals surface area contributed by atoms with E-state index in [2.05, 4.69) is 37.4 Å². The molecule has 0 spiro atoms. The number of nitrogens with one attached hydrogen (secondary N) is 3. The highest BCUT2D eigenvalue weighted by molar-refractivity contribution is 6.23. The molecule has 1 atom stereocenters. The number of aromatic nitrogens is 4. The summed E-state index contributed by atoms with van der Waals surface area (Å²) in [6, 6.07) is 11.1. The Morgan fingerprint density at radius 3 is 2.37 bits per heavy atom. The molecule has 6 heterocycles. The Morgan fingerprint density at radius 2 is 1.68 bits per heavy atom. The van der Waals surface area contributed by atoms with Crippen LogP contribution in [0.25, 0.3) is 22.0 Å². The first-order chi connectivity index (χ1) is 28.8. The van der Waals surface area contributed by atoms with E-state index in [4.69, 9.17) is 4.98 Å². The third-order valence-corrected chi connectivity index (χ3v) is 11.5. The molecule has 2 fully saturated rings. The van der Waals surface area contributed by atoms with Gasteiger partial charge < -0.3 is 15.2 Å². The molecule has 0 saturated carbocycles. The average Bonchev–Trinajstić information content (AvgIpc) is 3.75. The van der Waals surface area contributed by atoms with Gasteiger partial charge in [-0.25, -0.2) is 9.37 Å². The summed E-state index contributed by atoms with van der Waals surface area (Å²) in [6.07, 6.45) is 5.10. The lowest BCUT2D eigenvalue weighted by atomic mass is 10.00.